The molecule has 14 heteroatoms. The number of aryl methyl sites for hydroxylation is 1. The molecule has 2 aromatic carbocycles. The minimum atomic E-state index is -2.93. The van der Waals surface area contributed by atoms with Gasteiger partial charge in [0.15, 0.2) is 6.10 Å². The lowest BCUT2D eigenvalue weighted by molar-refractivity contribution is -0.228. The van der Waals surface area contributed by atoms with Gasteiger partial charge in [0.05, 0.1) is 27.4 Å². The second kappa shape index (κ2) is 14.8. The van der Waals surface area contributed by atoms with E-state index < -0.39 is 63.7 Å². The van der Waals surface area contributed by atoms with Crippen molar-refractivity contribution < 1.29 is 47.2 Å². The molecular formula is C48H60F2N4O8. The van der Waals surface area contributed by atoms with Gasteiger partial charge in [-0.05, 0) is 92.8 Å². The summed E-state index contributed by atoms with van der Waals surface area (Å²) in [6, 6.07) is 8.87. The normalized spacial score (nSPS) is 34.9. The molecule has 1 unspecified atom stereocenters. The number of aromatic amines is 1. The Kier molecular flexibility index (Phi) is 10.2. The Morgan fingerprint density at radius 1 is 1.00 bits per heavy atom. The van der Waals surface area contributed by atoms with Gasteiger partial charge in [0.25, 0.3) is 0 Å². The van der Waals surface area contributed by atoms with Gasteiger partial charge < -0.3 is 38.8 Å². The summed E-state index contributed by atoms with van der Waals surface area (Å²) in [6.45, 7) is 8.91. The van der Waals surface area contributed by atoms with Crippen LogP contribution in [0.2, 0.25) is 0 Å². The fraction of sp³-hybridized carbons (Fsp3) is 0.604. The van der Waals surface area contributed by atoms with Crippen LogP contribution in [0.3, 0.4) is 0 Å². The first-order valence-electron chi connectivity index (χ1n) is 22.2. The molecular weight excluding hydrogens is 799 g/mol. The number of esters is 3. The Hall–Kier alpha value is -4.53. The first-order valence-corrected chi connectivity index (χ1v) is 22.2. The van der Waals surface area contributed by atoms with Crippen LogP contribution >= 0.6 is 0 Å². The number of alkyl halides is 2. The van der Waals surface area contributed by atoms with Gasteiger partial charge in [0.2, 0.25) is 11.5 Å². The van der Waals surface area contributed by atoms with Crippen molar-refractivity contribution in [2.45, 2.75) is 107 Å². The number of carbonyl (C=O) groups excluding carboxylic acids is 3. The number of nitrogens with zero attached hydrogens (tertiary/aromatic N) is 3. The van der Waals surface area contributed by atoms with Crippen LogP contribution in [0.25, 0.3) is 10.9 Å². The topological polar surface area (TPSA) is 134 Å². The van der Waals surface area contributed by atoms with Crippen molar-refractivity contribution in [3.05, 3.63) is 70.4 Å². The monoisotopic (exact) mass is 858 g/mol. The van der Waals surface area contributed by atoms with Gasteiger partial charge in [-0.25, -0.2) is 13.6 Å². The number of methoxy groups -OCH3 is 3. The number of hydrogen-bond acceptors (Lipinski definition) is 11. The average Bonchev–Trinajstić information content (AvgIpc) is 3.91. The number of benzene rings is 2. The quantitative estimate of drug-likeness (QED) is 0.165. The molecule has 2 saturated heterocycles. The molecule has 334 valence electrons. The number of likely N-dealkylation sites (N-methyl/N-ethyl adjacent to an activating group) is 1. The smallest absolute Gasteiger partial charge is 0.344 e. The minimum absolute atomic E-state index is 0.155. The Morgan fingerprint density at radius 3 is 2.42 bits per heavy atom. The molecule has 6 aliphatic rings. The Balaban J connectivity index is 1.36. The van der Waals surface area contributed by atoms with Crippen molar-refractivity contribution in [3.63, 3.8) is 0 Å². The number of carbonyl (C=O) groups is 3. The second-order valence-corrected chi connectivity index (χ2v) is 19.0. The first kappa shape index (κ1) is 42.8. The van der Waals surface area contributed by atoms with Crippen LogP contribution in [-0.4, -0.2) is 129 Å². The summed E-state index contributed by atoms with van der Waals surface area (Å²) in [6.07, 6.45) is 5.36. The largest absolute Gasteiger partial charge is 0.496 e. The fourth-order valence-electron chi connectivity index (χ4n) is 13.7. The molecule has 6 heterocycles. The highest BCUT2D eigenvalue weighted by Crippen LogP contribution is 2.68. The molecule has 3 fully saturated rings. The molecule has 12 nitrogen and oxygen atoms in total. The molecule has 3 aromatic rings. The van der Waals surface area contributed by atoms with Crippen LogP contribution in [-0.2, 0) is 52.3 Å². The molecule has 9 rings (SSSR count). The molecule has 1 saturated carbocycles. The lowest BCUT2D eigenvalue weighted by Crippen LogP contribution is -2.81. The van der Waals surface area contributed by atoms with Crippen LogP contribution in [0.5, 0.6) is 5.75 Å². The Labute approximate surface area is 361 Å². The highest BCUT2D eigenvalue weighted by Gasteiger charge is 2.80. The summed E-state index contributed by atoms with van der Waals surface area (Å²) in [7, 11) is 5.98. The van der Waals surface area contributed by atoms with Crippen molar-refractivity contribution in [3.8, 4) is 5.75 Å². The summed E-state index contributed by atoms with van der Waals surface area (Å²) >= 11 is 0. The lowest BCUT2D eigenvalue weighted by Gasteiger charge is -2.63. The van der Waals surface area contributed by atoms with E-state index in [1.165, 1.54) is 21.1 Å². The van der Waals surface area contributed by atoms with E-state index in [2.05, 4.69) is 33.8 Å². The van der Waals surface area contributed by atoms with Gasteiger partial charge in [-0.2, -0.15) is 0 Å². The predicted molar refractivity (Wildman–Crippen MR) is 229 cm³/mol. The zero-order chi connectivity index (χ0) is 44.3. The van der Waals surface area contributed by atoms with E-state index in [9.17, 15) is 14.7 Å². The highest BCUT2D eigenvalue weighted by atomic mass is 19.3. The summed E-state index contributed by atoms with van der Waals surface area (Å²) in [5, 5.41) is 14.3. The molecule has 0 amide bonds. The van der Waals surface area contributed by atoms with E-state index in [-0.39, 0.29) is 31.3 Å². The molecule has 0 radical (unpaired) electrons. The number of piperidine rings is 1. The lowest BCUT2D eigenvalue weighted by atomic mass is 9.47. The maximum atomic E-state index is 15.4. The maximum Gasteiger partial charge on any atom is 0.344 e. The van der Waals surface area contributed by atoms with E-state index in [0.29, 0.717) is 68.1 Å². The second-order valence-electron chi connectivity index (χ2n) is 19.0. The van der Waals surface area contributed by atoms with Crippen molar-refractivity contribution in [1.82, 2.24) is 14.8 Å². The molecule has 5 aliphatic heterocycles. The molecule has 1 spiro atoms. The minimum Gasteiger partial charge on any atom is -0.496 e. The SMILES string of the molecule is CCc1ccc2[nH]c3c(c2c1)CCN1C[C@@H](C[C@@H](C(C)(F)F)C1)C[C@]3(C(=O)OC)c1cc2c(cc1OC)N(C)[C@H]1[C@@](O)(C(=O)OC)[C@H](OC(C)=O)[C@]3(CC)C=CCN4CC[C@]21[C@@H]43. The number of hydrogen-bond donors (Lipinski definition) is 2. The number of fused-ring (bicyclic) bond motifs is 6. The third kappa shape index (κ3) is 5.66. The molecule has 1 aromatic heterocycles. The van der Waals surface area contributed by atoms with E-state index >= 15 is 13.6 Å². The number of ether oxygens (including phenoxy) is 4. The van der Waals surface area contributed by atoms with E-state index in [0.717, 1.165) is 40.9 Å². The van der Waals surface area contributed by atoms with Crippen LogP contribution < -0.4 is 9.64 Å². The summed E-state index contributed by atoms with van der Waals surface area (Å²) in [5.41, 5.74) is -0.347. The number of aromatic nitrogens is 1. The number of H-pyrrole nitrogens is 1. The molecule has 10 atom stereocenters. The van der Waals surface area contributed by atoms with E-state index in [1.54, 1.807) is 7.11 Å². The Bertz CT molecular complexity index is 2360. The fourth-order valence-corrected chi connectivity index (χ4v) is 13.7. The molecule has 62 heavy (non-hydrogen) atoms. The summed E-state index contributed by atoms with van der Waals surface area (Å²) in [4.78, 5) is 53.0. The van der Waals surface area contributed by atoms with Crippen molar-refractivity contribution >= 4 is 34.5 Å². The summed E-state index contributed by atoms with van der Waals surface area (Å²) in [5.74, 6) is -5.90. The highest BCUT2D eigenvalue weighted by molar-refractivity contribution is 5.95. The number of rotatable bonds is 8. The third-order valence-corrected chi connectivity index (χ3v) is 16.1. The van der Waals surface area contributed by atoms with Crippen molar-refractivity contribution in [2.75, 3.05) is 66.0 Å². The third-order valence-electron chi connectivity index (χ3n) is 16.1. The molecule has 2 bridgehead atoms. The van der Waals surface area contributed by atoms with Crippen molar-refractivity contribution in [2.24, 2.45) is 17.3 Å². The van der Waals surface area contributed by atoms with Crippen molar-refractivity contribution in [1.29, 1.82) is 0 Å². The zero-order valence-electron chi connectivity index (χ0n) is 37.1. The maximum absolute atomic E-state index is 15.4. The standard InChI is InChI=1S/C48H60F2N4O8/c1-9-28-12-13-35-32(21-28)31-14-18-53-25-29(20-30(26-53)44(4,49)50)24-47(38(31)51-35,42(56)60-7)34-22-33-36(23-37(34)59-6)52(5)40-46(33)16-19-54-17-11-15-45(10-2,39(46)54)41(62-27(3)55)48(40,58)43(57)61-8/h11-13,15,21-23,29-30,39-41,51,58H,9-10,14,16-20,24-26H2,1-8H3/t29-,30+,39-,40+,41+,45+,46+,47-,48-/m0/s1. The molecule has 1 aliphatic carbocycles. The van der Waals surface area contributed by atoms with Gasteiger partial charge in [0.1, 0.15) is 11.2 Å². The van der Waals surface area contributed by atoms with Crippen LogP contribution in [0.4, 0.5) is 14.5 Å². The van der Waals surface area contributed by atoms with Gasteiger partial charge in [-0.15, -0.1) is 0 Å². The number of anilines is 1. The van der Waals surface area contributed by atoms with Crippen LogP contribution in [0.15, 0.2) is 42.5 Å². The average molecular weight is 859 g/mol. The van der Waals surface area contributed by atoms with E-state index in [4.69, 9.17) is 18.9 Å². The van der Waals surface area contributed by atoms with Gasteiger partial charge in [-0.1, -0.05) is 32.1 Å². The Morgan fingerprint density at radius 2 is 1.76 bits per heavy atom. The van der Waals surface area contributed by atoms with Crippen LogP contribution in [0.1, 0.15) is 81.3 Å². The number of nitrogens with one attached hydrogen (secondary N) is 1. The number of halogens is 2. The predicted octanol–water partition coefficient (Wildman–Crippen LogP) is 5.68. The summed E-state index contributed by atoms with van der Waals surface area (Å²) < 4.78 is 54.7. The van der Waals surface area contributed by atoms with Gasteiger partial charge in [-0.3, -0.25) is 14.5 Å². The van der Waals surface area contributed by atoms with E-state index in [1.807, 2.05) is 49.2 Å². The van der Waals surface area contributed by atoms with Crippen LogP contribution in [0, 0.1) is 17.3 Å². The number of aliphatic hydroxyl groups is 1. The van der Waals surface area contributed by atoms with Gasteiger partial charge >= 0.3 is 17.9 Å². The zero-order valence-corrected chi connectivity index (χ0v) is 37.1. The first-order chi connectivity index (χ1) is 29.5. The molecule has 2 N–H and O–H groups in total. The van der Waals surface area contributed by atoms with Gasteiger partial charge in [0, 0.05) is 96.9 Å².